The Balaban J connectivity index is 3.81. The van der Waals surface area contributed by atoms with Gasteiger partial charge in [-0.2, -0.15) is 0 Å². The van der Waals surface area contributed by atoms with Crippen molar-refractivity contribution >= 4 is 5.97 Å². The van der Waals surface area contributed by atoms with E-state index >= 15 is 0 Å². The van der Waals surface area contributed by atoms with Gasteiger partial charge in [0.2, 0.25) is 0 Å². The molecule has 6 heteroatoms. The minimum absolute atomic E-state index is 0.784. The third kappa shape index (κ3) is 2.11. The summed E-state index contributed by atoms with van der Waals surface area (Å²) < 4.78 is 53.4. The van der Waals surface area contributed by atoms with Crippen LogP contribution in [0.15, 0.2) is 0 Å². The summed E-state index contributed by atoms with van der Waals surface area (Å²) in [5.41, 5.74) is -3.45. The maximum Gasteiger partial charge on any atom is 0.341 e. The maximum atomic E-state index is 13.7. The highest BCUT2D eigenvalue weighted by Crippen LogP contribution is 2.32. The largest absolute Gasteiger partial charge is 0.477 e. The van der Waals surface area contributed by atoms with Gasteiger partial charge in [0, 0.05) is 5.56 Å². The molecule has 17 heavy (non-hydrogen) atoms. The molecule has 0 aliphatic carbocycles. The minimum Gasteiger partial charge on any atom is -0.477 e. The number of hydrogen-bond donors (Lipinski definition) is 1. The van der Waals surface area contributed by atoms with Crippen molar-refractivity contribution in [3.8, 4) is 0 Å². The molecule has 1 aromatic carbocycles. The maximum absolute atomic E-state index is 13.7. The van der Waals surface area contributed by atoms with Gasteiger partial charge in [-0.3, -0.25) is 0 Å². The Morgan fingerprint density at radius 2 is 1.41 bits per heavy atom. The van der Waals surface area contributed by atoms with Crippen LogP contribution >= 0.6 is 0 Å². The van der Waals surface area contributed by atoms with Crippen LogP contribution < -0.4 is 0 Å². The average molecular weight is 250 g/mol. The van der Waals surface area contributed by atoms with Gasteiger partial charge in [0.15, 0.2) is 17.5 Å². The first-order chi connectivity index (χ1) is 7.59. The lowest BCUT2D eigenvalue weighted by atomic mass is 9.84. The number of carboxylic acids is 1. The molecule has 0 aliphatic rings. The first kappa shape index (κ1) is 13.5. The number of aromatic carboxylic acids is 1. The fourth-order valence-corrected chi connectivity index (χ4v) is 1.48. The van der Waals surface area contributed by atoms with E-state index in [-0.39, 0.29) is 0 Å². The van der Waals surface area contributed by atoms with Gasteiger partial charge in [-0.15, -0.1) is 0 Å². The van der Waals surface area contributed by atoms with Crippen LogP contribution in [0.4, 0.5) is 17.6 Å². The standard InChI is InChI=1S/C11H10F4O2/c1-11(2,3)5-6(12)4(10(16)17)7(13)9(15)8(5)14/h1-3H3,(H,16,17). The molecule has 0 unspecified atom stereocenters. The molecule has 1 aromatic rings. The first-order valence-electron chi connectivity index (χ1n) is 4.68. The predicted molar refractivity (Wildman–Crippen MR) is 51.9 cm³/mol. The average Bonchev–Trinajstić information content (AvgIpc) is 2.11. The molecule has 0 fully saturated rings. The van der Waals surface area contributed by atoms with Gasteiger partial charge in [0.25, 0.3) is 0 Å². The van der Waals surface area contributed by atoms with Crippen molar-refractivity contribution in [1.29, 1.82) is 0 Å². The third-order valence-corrected chi connectivity index (χ3v) is 2.23. The van der Waals surface area contributed by atoms with Crippen molar-refractivity contribution in [2.45, 2.75) is 26.2 Å². The molecular weight excluding hydrogens is 240 g/mol. The Labute approximate surface area is 94.9 Å². The molecular formula is C11H10F4O2. The fraction of sp³-hybridized carbons (Fsp3) is 0.364. The lowest BCUT2D eigenvalue weighted by Crippen LogP contribution is -2.22. The summed E-state index contributed by atoms with van der Waals surface area (Å²) in [6, 6.07) is 0. The van der Waals surface area contributed by atoms with Crippen molar-refractivity contribution < 1.29 is 27.5 Å². The van der Waals surface area contributed by atoms with E-state index in [0.717, 1.165) is 0 Å². The van der Waals surface area contributed by atoms with Gasteiger partial charge >= 0.3 is 5.97 Å². The highest BCUT2D eigenvalue weighted by Gasteiger charge is 2.34. The summed E-state index contributed by atoms with van der Waals surface area (Å²) in [4.78, 5) is 10.6. The van der Waals surface area contributed by atoms with Crippen LogP contribution in [0, 0.1) is 23.3 Å². The Kier molecular flexibility index (Phi) is 3.18. The Morgan fingerprint density at radius 3 is 1.76 bits per heavy atom. The molecule has 0 aromatic heterocycles. The van der Waals surface area contributed by atoms with Gasteiger partial charge in [-0.1, -0.05) is 20.8 Å². The Hall–Kier alpha value is -1.59. The van der Waals surface area contributed by atoms with Crippen molar-refractivity contribution in [2.24, 2.45) is 0 Å². The van der Waals surface area contributed by atoms with E-state index in [2.05, 4.69) is 0 Å². The third-order valence-electron chi connectivity index (χ3n) is 2.23. The van der Waals surface area contributed by atoms with Gasteiger partial charge in [0.1, 0.15) is 11.4 Å². The van der Waals surface area contributed by atoms with Gasteiger partial charge in [0.05, 0.1) is 0 Å². The number of hydrogen-bond acceptors (Lipinski definition) is 1. The van der Waals surface area contributed by atoms with E-state index < -0.39 is 45.8 Å². The van der Waals surface area contributed by atoms with E-state index in [1.165, 1.54) is 20.8 Å². The summed E-state index contributed by atoms with van der Waals surface area (Å²) in [5.74, 6) is -9.27. The molecule has 0 spiro atoms. The van der Waals surface area contributed by atoms with Gasteiger partial charge < -0.3 is 5.11 Å². The second kappa shape index (κ2) is 4.01. The lowest BCUT2D eigenvalue weighted by molar-refractivity contribution is 0.0684. The van der Waals surface area contributed by atoms with Crippen LogP contribution in [0.2, 0.25) is 0 Å². The minimum atomic E-state index is -2.03. The van der Waals surface area contributed by atoms with Crippen LogP contribution in [0.25, 0.3) is 0 Å². The topological polar surface area (TPSA) is 37.3 Å². The molecule has 94 valence electrons. The molecule has 0 aliphatic heterocycles. The van der Waals surface area contributed by atoms with Crippen LogP contribution in [-0.2, 0) is 5.41 Å². The summed E-state index contributed by atoms with van der Waals surface area (Å²) in [5, 5.41) is 8.58. The first-order valence-corrected chi connectivity index (χ1v) is 4.68. The predicted octanol–water partition coefficient (Wildman–Crippen LogP) is 3.24. The van der Waals surface area contributed by atoms with Crippen molar-refractivity contribution in [3.05, 3.63) is 34.4 Å². The second-order valence-corrected chi connectivity index (χ2v) is 4.56. The molecule has 0 amide bonds. The van der Waals surface area contributed by atoms with E-state index in [9.17, 15) is 22.4 Å². The molecule has 0 heterocycles. The zero-order valence-corrected chi connectivity index (χ0v) is 9.37. The summed E-state index contributed by atoms with van der Waals surface area (Å²) in [6.45, 7) is 4.08. The highest BCUT2D eigenvalue weighted by molar-refractivity contribution is 5.88. The van der Waals surface area contributed by atoms with Crippen molar-refractivity contribution in [2.75, 3.05) is 0 Å². The van der Waals surface area contributed by atoms with Gasteiger partial charge in [-0.05, 0) is 5.41 Å². The zero-order chi connectivity index (χ0) is 13.5. The smallest absolute Gasteiger partial charge is 0.341 e. The molecule has 1 rings (SSSR count). The summed E-state index contributed by atoms with van der Waals surface area (Å²) in [6.07, 6.45) is 0. The molecule has 1 N–H and O–H groups in total. The lowest BCUT2D eigenvalue weighted by Gasteiger charge is -2.22. The Bertz CT molecular complexity index is 489. The summed E-state index contributed by atoms with van der Waals surface area (Å²) >= 11 is 0. The number of benzene rings is 1. The number of carboxylic acid groups (broad SMARTS) is 1. The molecule has 2 nitrogen and oxygen atoms in total. The SMILES string of the molecule is CC(C)(C)c1c(F)c(F)c(F)c(C(=O)O)c1F. The van der Waals surface area contributed by atoms with Crippen LogP contribution in [0.3, 0.4) is 0 Å². The quantitative estimate of drug-likeness (QED) is 0.472. The molecule has 0 saturated carbocycles. The van der Waals surface area contributed by atoms with Crippen molar-refractivity contribution in [3.63, 3.8) is 0 Å². The number of halogens is 4. The van der Waals surface area contributed by atoms with E-state index in [1.54, 1.807) is 0 Å². The number of carbonyl (C=O) groups is 1. The van der Waals surface area contributed by atoms with Crippen LogP contribution in [0.1, 0.15) is 36.7 Å². The van der Waals surface area contributed by atoms with Crippen molar-refractivity contribution in [1.82, 2.24) is 0 Å². The van der Waals surface area contributed by atoms with Gasteiger partial charge in [-0.25, -0.2) is 22.4 Å². The molecule has 0 bridgehead atoms. The second-order valence-electron chi connectivity index (χ2n) is 4.56. The number of rotatable bonds is 1. The van der Waals surface area contributed by atoms with E-state index in [0.29, 0.717) is 0 Å². The van der Waals surface area contributed by atoms with E-state index in [4.69, 9.17) is 5.11 Å². The molecule has 0 radical (unpaired) electrons. The van der Waals surface area contributed by atoms with Crippen LogP contribution in [-0.4, -0.2) is 11.1 Å². The van der Waals surface area contributed by atoms with E-state index in [1.807, 2.05) is 0 Å². The monoisotopic (exact) mass is 250 g/mol. The summed E-state index contributed by atoms with van der Waals surface area (Å²) in [7, 11) is 0. The fourth-order valence-electron chi connectivity index (χ4n) is 1.48. The Morgan fingerprint density at radius 1 is 0.941 bits per heavy atom. The normalized spacial score (nSPS) is 11.7. The molecule has 0 atom stereocenters. The molecule has 0 saturated heterocycles. The van der Waals surface area contributed by atoms with Crippen LogP contribution in [0.5, 0.6) is 0 Å². The zero-order valence-electron chi connectivity index (χ0n) is 9.37. The highest BCUT2D eigenvalue weighted by atomic mass is 19.2.